The van der Waals surface area contributed by atoms with E-state index >= 15 is 0 Å². The van der Waals surface area contributed by atoms with Crippen LogP contribution in [0.2, 0.25) is 0 Å². The van der Waals surface area contributed by atoms with Crippen LogP contribution in [-0.2, 0) is 19.2 Å². The van der Waals surface area contributed by atoms with E-state index < -0.39 is 4.93 Å². The molecule has 0 aliphatic rings. The van der Waals surface area contributed by atoms with Crippen molar-refractivity contribution < 1.29 is 14.3 Å². The second-order valence-corrected chi connectivity index (χ2v) is 6.80. The van der Waals surface area contributed by atoms with Gasteiger partial charge in [0.25, 0.3) is 0 Å². The third-order valence-electron chi connectivity index (χ3n) is 3.77. The summed E-state index contributed by atoms with van der Waals surface area (Å²) in [5, 5.41) is 2.05. The molecule has 0 aliphatic carbocycles. The number of thiophene rings is 1. The van der Waals surface area contributed by atoms with Gasteiger partial charge in [0.05, 0.1) is 17.9 Å². The number of hydrogen-bond donors (Lipinski definition) is 0. The molecule has 0 amide bonds. The number of methoxy groups -OCH3 is 2. The Kier molecular flexibility index (Phi) is 5.67. The lowest BCUT2D eigenvalue weighted by molar-refractivity contribution is -0.141. The molecule has 0 N–H and O–H groups in total. The second kappa shape index (κ2) is 7.31. The maximum absolute atomic E-state index is 11.6. The first-order chi connectivity index (χ1) is 10.6. The van der Waals surface area contributed by atoms with E-state index in [0.717, 1.165) is 16.0 Å². The van der Waals surface area contributed by atoms with Crippen LogP contribution in [0.15, 0.2) is 41.8 Å². The van der Waals surface area contributed by atoms with Gasteiger partial charge in [0.15, 0.2) is 4.93 Å². The third kappa shape index (κ3) is 3.07. The number of rotatable bonds is 6. The number of hydrogen-bond acceptors (Lipinski definition) is 5. The van der Waals surface area contributed by atoms with Crippen molar-refractivity contribution in [2.24, 2.45) is 0 Å². The van der Waals surface area contributed by atoms with Crippen LogP contribution in [0.1, 0.15) is 28.8 Å². The molecule has 1 aromatic heterocycles. The Balaban J connectivity index is 2.37. The molecule has 2 rings (SSSR count). The summed E-state index contributed by atoms with van der Waals surface area (Å²) in [6.45, 7) is 1.85. The highest BCUT2D eigenvalue weighted by Crippen LogP contribution is 2.44. The Hall–Kier alpha value is -1.30. The van der Waals surface area contributed by atoms with Gasteiger partial charge >= 0.3 is 5.97 Å². The molecule has 0 spiro atoms. The molecule has 3 nitrogen and oxygen atoms in total. The first-order valence-corrected chi connectivity index (χ1v) is 9.02. The number of carbonyl (C=O) groups is 1. The number of ether oxygens (including phenoxy) is 2. The predicted molar refractivity (Wildman–Crippen MR) is 92.5 cm³/mol. The monoisotopic (exact) mass is 336 g/mol. The van der Waals surface area contributed by atoms with E-state index in [9.17, 15) is 4.79 Å². The minimum atomic E-state index is -0.513. The molecule has 2 unspecified atom stereocenters. The summed E-state index contributed by atoms with van der Waals surface area (Å²) in [6.07, 6.45) is 2.04. The lowest BCUT2D eigenvalue weighted by Gasteiger charge is -2.30. The van der Waals surface area contributed by atoms with Gasteiger partial charge in [-0.15, -0.1) is 23.1 Å². The van der Waals surface area contributed by atoms with Crippen molar-refractivity contribution in [3.8, 4) is 0 Å². The van der Waals surface area contributed by atoms with Crippen LogP contribution >= 0.6 is 23.1 Å². The largest absolute Gasteiger partial charge is 0.469 e. The molecule has 0 saturated heterocycles. The van der Waals surface area contributed by atoms with E-state index in [1.807, 2.05) is 48.9 Å². The fourth-order valence-corrected chi connectivity index (χ4v) is 4.45. The molecule has 0 bridgehead atoms. The minimum Gasteiger partial charge on any atom is -0.469 e. The van der Waals surface area contributed by atoms with Crippen molar-refractivity contribution in [2.45, 2.75) is 17.8 Å². The van der Waals surface area contributed by atoms with Crippen LogP contribution in [0.4, 0.5) is 0 Å². The van der Waals surface area contributed by atoms with Gasteiger partial charge in [-0.05, 0) is 35.8 Å². The summed E-state index contributed by atoms with van der Waals surface area (Å²) < 4.78 is 10.7. The predicted octanol–water partition coefficient (Wildman–Crippen LogP) is 4.24. The van der Waals surface area contributed by atoms with Crippen LogP contribution < -0.4 is 0 Å². The molecular weight excluding hydrogens is 316 g/mol. The van der Waals surface area contributed by atoms with E-state index in [1.165, 1.54) is 7.11 Å². The van der Waals surface area contributed by atoms with Gasteiger partial charge in [0.1, 0.15) is 0 Å². The fraction of sp³-hybridized carbons (Fsp3) is 0.353. The maximum Gasteiger partial charge on any atom is 0.312 e. The van der Waals surface area contributed by atoms with Gasteiger partial charge in [-0.1, -0.05) is 30.3 Å². The lowest BCUT2D eigenvalue weighted by Crippen LogP contribution is -2.24. The summed E-state index contributed by atoms with van der Waals surface area (Å²) in [4.78, 5) is 12.3. The lowest BCUT2D eigenvalue weighted by atomic mass is 9.98. The van der Waals surface area contributed by atoms with E-state index in [4.69, 9.17) is 9.47 Å². The van der Waals surface area contributed by atoms with Gasteiger partial charge in [0, 0.05) is 7.11 Å². The quantitative estimate of drug-likeness (QED) is 0.584. The van der Waals surface area contributed by atoms with Gasteiger partial charge in [-0.3, -0.25) is 4.79 Å². The highest BCUT2D eigenvalue weighted by molar-refractivity contribution is 7.99. The molecule has 2 atom stereocenters. The zero-order valence-corrected chi connectivity index (χ0v) is 14.8. The number of esters is 1. The zero-order chi connectivity index (χ0) is 16.2. The molecule has 0 radical (unpaired) electrons. The Bertz CT molecular complexity index is 601. The van der Waals surface area contributed by atoms with Crippen LogP contribution in [-0.4, -0.2) is 26.4 Å². The van der Waals surface area contributed by atoms with E-state index in [-0.39, 0.29) is 11.9 Å². The summed E-state index contributed by atoms with van der Waals surface area (Å²) in [5.41, 5.74) is 2.00. The Morgan fingerprint density at radius 1 is 1.23 bits per heavy atom. The topological polar surface area (TPSA) is 35.5 Å². The normalized spacial score (nSPS) is 15.1. The average molecular weight is 336 g/mol. The average Bonchev–Trinajstić information content (AvgIpc) is 3.11. The number of benzene rings is 1. The molecule has 1 heterocycles. The molecular formula is C17H20O3S2. The zero-order valence-electron chi connectivity index (χ0n) is 13.2. The van der Waals surface area contributed by atoms with Crippen molar-refractivity contribution in [2.75, 3.05) is 20.5 Å². The maximum atomic E-state index is 11.6. The van der Waals surface area contributed by atoms with E-state index in [0.29, 0.717) is 0 Å². The smallest absolute Gasteiger partial charge is 0.312 e. The van der Waals surface area contributed by atoms with E-state index in [2.05, 4.69) is 6.07 Å². The van der Waals surface area contributed by atoms with Crippen LogP contribution in [0.3, 0.4) is 0 Å². The van der Waals surface area contributed by atoms with Crippen molar-refractivity contribution in [1.82, 2.24) is 0 Å². The second-order valence-electron chi connectivity index (χ2n) is 4.87. The minimum absolute atomic E-state index is 0.228. The first kappa shape index (κ1) is 17.1. The fourth-order valence-electron chi connectivity index (χ4n) is 2.43. The molecule has 0 aliphatic heterocycles. The molecule has 0 saturated carbocycles. The molecule has 5 heteroatoms. The summed E-state index contributed by atoms with van der Waals surface area (Å²) >= 11 is 3.32. The molecule has 118 valence electrons. The van der Waals surface area contributed by atoms with Crippen LogP contribution in [0.25, 0.3) is 0 Å². The van der Waals surface area contributed by atoms with Crippen LogP contribution in [0, 0.1) is 0 Å². The van der Waals surface area contributed by atoms with Crippen molar-refractivity contribution in [3.63, 3.8) is 0 Å². The SMILES string of the molecule is COC(=O)C(C)c1ccc(C(OC)(SC)c2cccs2)cc1. The number of thioether (sulfide) groups is 1. The van der Waals surface area contributed by atoms with Crippen LogP contribution in [0.5, 0.6) is 0 Å². The molecule has 22 heavy (non-hydrogen) atoms. The first-order valence-electron chi connectivity index (χ1n) is 6.91. The van der Waals surface area contributed by atoms with Gasteiger partial charge < -0.3 is 9.47 Å². The standard InChI is InChI=1S/C17H20O3S2/c1-12(16(18)19-2)13-7-9-14(10-8-13)17(20-3,21-4)15-6-5-11-22-15/h5-12H,1-4H3. The van der Waals surface area contributed by atoms with Gasteiger partial charge in [-0.25, -0.2) is 0 Å². The highest BCUT2D eigenvalue weighted by Gasteiger charge is 2.34. The number of carbonyl (C=O) groups excluding carboxylic acids is 1. The summed E-state index contributed by atoms with van der Waals surface area (Å²) in [7, 11) is 3.13. The Morgan fingerprint density at radius 2 is 1.91 bits per heavy atom. The van der Waals surface area contributed by atoms with E-state index in [1.54, 1.807) is 30.2 Å². The van der Waals surface area contributed by atoms with Gasteiger partial charge in [-0.2, -0.15) is 0 Å². The molecule has 0 fully saturated rings. The van der Waals surface area contributed by atoms with Gasteiger partial charge in [0.2, 0.25) is 0 Å². The molecule has 1 aromatic carbocycles. The van der Waals surface area contributed by atoms with Crippen molar-refractivity contribution >= 4 is 29.1 Å². The summed E-state index contributed by atoms with van der Waals surface area (Å²) in [6, 6.07) is 12.1. The Labute approximate surface area is 139 Å². The van der Waals surface area contributed by atoms with Crippen molar-refractivity contribution in [1.29, 1.82) is 0 Å². The summed E-state index contributed by atoms with van der Waals surface area (Å²) in [5.74, 6) is -0.499. The highest BCUT2D eigenvalue weighted by atomic mass is 32.2. The Morgan fingerprint density at radius 3 is 2.36 bits per heavy atom. The van der Waals surface area contributed by atoms with Crippen molar-refractivity contribution in [3.05, 3.63) is 57.8 Å². The molecule has 2 aromatic rings. The third-order valence-corrected chi connectivity index (χ3v) is 6.06.